The molecule has 1 N–H and O–H groups in total. The van der Waals surface area contributed by atoms with Crippen LogP contribution in [0.1, 0.15) is 38.3 Å². The van der Waals surface area contributed by atoms with E-state index in [4.69, 9.17) is 23.2 Å². The molecule has 0 bridgehead atoms. The van der Waals surface area contributed by atoms with Crippen molar-refractivity contribution in [1.29, 1.82) is 0 Å². The summed E-state index contributed by atoms with van der Waals surface area (Å²) in [6.07, 6.45) is 0.838. The number of hydrogen-bond acceptors (Lipinski definition) is 3. The van der Waals surface area contributed by atoms with Gasteiger partial charge >= 0.3 is 0 Å². The largest absolute Gasteiger partial charge is 0.352 e. The van der Waals surface area contributed by atoms with Gasteiger partial charge in [0.05, 0.1) is 15.8 Å². The van der Waals surface area contributed by atoms with Gasteiger partial charge < -0.3 is 10.2 Å². The molecule has 4 nitrogen and oxygen atoms in total. The third-order valence-corrected chi connectivity index (χ3v) is 6.57. The molecular weight excluding hydrogens is 439 g/mol. The van der Waals surface area contributed by atoms with Crippen LogP contribution in [0.3, 0.4) is 0 Å². The van der Waals surface area contributed by atoms with Crippen LogP contribution in [0.5, 0.6) is 0 Å². The Morgan fingerprint density at radius 2 is 1.73 bits per heavy atom. The van der Waals surface area contributed by atoms with Gasteiger partial charge in [-0.15, -0.1) is 11.8 Å². The predicted octanol–water partition coefficient (Wildman–Crippen LogP) is 5.56. The van der Waals surface area contributed by atoms with Gasteiger partial charge in [0.25, 0.3) is 0 Å². The van der Waals surface area contributed by atoms with Gasteiger partial charge in [0.2, 0.25) is 11.8 Å². The topological polar surface area (TPSA) is 49.4 Å². The Bertz CT molecular complexity index is 848. The molecule has 162 valence electrons. The van der Waals surface area contributed by atoms with Gasteiger partial charge in [0.15, 0.2) is 0 Å². The van der Waals surface area contributed by atoms with Crippen molar-refractivity contribution in [3.8, 4) is 0 Å². The molecule has 2 atom stereocenters. The van der Waals surface area contributed by atoms with Gasteiger partial charge in [-0.25, -0.2) is 0 Å². The number of halogens is 2. The van der Waals surface area contributed by atoms with Gasteiger partial charge in [-0.3, -0.25) is 9.59 Å². The van der Waals surface area contributed by atoms with Gasteiger partial charge in [0, 0.05) is 18.3 Å². The molecule has 2 aromatic rings. The molecule has 2 amide bonds. The third kappa shape index (κ3) is 7.53. The molecule has 0 saturated carbocycles. The van der Waals surface area contributed by atoms with Crippen LogP contribution in [0.25, 0.3) is 0 Å². The summed E-state index contributed by atoms with van der Waals surface area (Å²) in [4.78, 5) is 27.4. The van der Waals surface area contributed by atoms with Crippen molar-refractivity contribution in [2.75, 3.05) is 5.75 Å². The number of benzene rings is 2. The van der Waals surface area contributed by atoms with Gasteiger partial charge in [-0.05, 0) is 43.5 Å². The molecule has 2 aromatic carbocycles. The second-order valence-corrected chi connectivity index (χ2v) is 9.04. The Hall–Kier alpha value is -1.69. The number of hydrogen-bond donors (Lipinski definition) is 1. The molecule has 2 rings (SSSR count). The lowest BCUT2D eigenvalue weighted by molar-refractivity contribution is -0.138. The molecule has 0 aromatic heterocycles. The van der Waals surface area contributed by atoms with E-state index >= 15 is 0 Å². The van der Waals surface area contributed by atoms with E-state index in [0.717, 1.165) is 17.5 Å². The zero-order valence-electron chi connectivity index (χ0n) is 17.5. The average molecular weight is 467 g/mol. The number of rotatable bonds is 10. The Labute approximate surface area is 193 Å². The number of amides is 2. The maximum Gasteiger partial charge on any atom is 0.242 e. The van der Waals surface area contributed by atoms with E-state index in [1.54, 1.807) is 17.9 Å². The van der Waals surface area contributed by atoms with Crippen molar-refractivity contribution in [1.82, 2.24) is 10.2 Å². The fourth-order valence-electron chi connectivity index (χ4n) is 2.80. The summed E-state index contributed by atoms with van der Waals surface area (Å²) in [5.74, 6) is 0.697. The first-order valence-corrected chi connectivity index (χ1v) is 11.9. The van der Waals surface area contributed by atoms with E-state index in [1.165, 1.54) is 11.8 Å². The lowest BCUT2D eigenvalue weighted by Crippen LogP contribution is -2.50. The highest BCUT2D eigenvalue weighted by Crippen LogP contribution is 2.25. The second kappa shape index (κ2) is 12.2. The molecule has 30 heavy (non-hydrogen) atoms. The smallest absolute Gasteiger partial charge is 0.242 e. The van der Waals surface area contributed by atoms with Crippen molar-refractivity contribution >= 4 is 46.8 Å². The highest BCUT2D eigenvalue weighted by atomic mass is 35.5. The molecule has 0 spiro atoms. The van der Waals surface area contributed by atoms with Crippen molar-refractivity contribution in [3.63, 3.8) is 0 Å². The molecule has 0 unspecified atom stereocenters. The van der Waals surface area contributed by atoms with E-state index in [9.17, 15) is 9.59 Å². The summed E-state index contributed by atoms with van der Waals surface area (Å²) in [5.41, 5.74) is 1.99. The Morgan fingerprint density at radius 1 is 1.03 bits per heavy atom. The lowest BCUT2D eigenvalue weighted by atomic mass is 10.1. The van der Waals surface area contributed by atoms with Crippen LogP contribution in [0.2, 0.25) is 10.0 Å². The molecule has 0 heterocycles. The Kier molecular flexibility index (Phi) is 10.0. The minimum absolute atomic E-state index is 0.0673. The summed E-state index contributed by atoms with van der Waals surface area (Å²) >= 11 is 13.5. The van der Waals surface area contributed by atoms with Crippen LogP contribution in [-0.2, 0) is 21.9 Å². The fourth-order valence-corrected chi connectivity index (χ4v) is 3.98. The zero-order chi connectivity index (χ0) is 22.1. The lowest BCUT2D eigenvalue weighted by Gasteiger charge is -2.29. The molecule has 0 aliphatic rings. The van der Waals surface area contributed by atoms with Crippen LogP contribution in [-0.4, -0.2) is 34.6 Å². The molecule has 0 saturated heterocycles. The summed E-state index contributed by atoms with van der Waals surface area (Å²) in [6.45, 7) is 6.15. The third-order valence-electron chi connectivity index (χ3n) is 4.84. The number of carbonyl (C=O) groups excluding carboxylic acids is 2. The number of carbonyl (C=O) groups is 2. The minimum atomic E-state index is -0.558. The first-order valence-electron chi connectivity index (χ1n) is 9.97. The fraction of sp³-hybridized carbons (Fsp3) is 0.391. The van der Waals surface area contributed by atoms with E-state index < -0.39 is 6.04 Å². The Balaban J connectivity index is 2.05. The average Bonchev–Trinajstić information content (AvgIpc) is 2.74. The molecule has 0 aliphatic carbocycles. The predicted molar refractivity (Wildman–Crippen MR) is 127 cm³/mol. The van der Waals surface area contributed by atoms with E-state index in [0.29, 0.717) is 22.3 Å². The summed E-state index contributed by atoms with van der Waals surface area (Å²) in [5, 5.41) is 3.99. The normalized spacial score (nSPS) is 12.8. The first-order chi connectivity index (χ1) is 14.3. The molecular formula is C23H28Cl2N2O2S. The van der Waals surface area contributed by atoms with Crippen molar-refractivity contribution in [3.05, 3.63) is 69.7 Å². The number of thioether (sulfide) groups is 1. The van der Waals surface area contributed by atoms with Crippen LogP contribution in [0.4, 0.5) is 0 Å². The monoisotopic (exact) mass is 466 g/mol. The highest BCUT2D eigenvalue weighted by molar-refractivity contribution is 7.99. The summed E-state index contributed by atoms with van der Waals surface area (Å²) in [7, 11) is 0. The maximum atomic E-state index is 13.0. The minimum Gasteiger partial charge on any atom is -0.352 e. The van der Waals surface area contributed by atoms with Crippen LogP contribution >= 0.6 is 35.0 Å². The van der Waals surface area contributed by atoms with Gasteiger partial charge in [0.1, 0.15) is 6.04 Å². The van der Waals surface area contributed by atoms with E-state index in [2.05, 4.69) is 5.32 Å². The molecule has 7 heteroatoms. The second-order valence-electron chi connectivity index (χ2n) is 7.24. The van der Waals surface area contributed by atoms with E-state index in [-0.39, 0.29) is 23.6 Å². The summed E-state index contributed by atoms with van der Waals surface area (Å²) in [6, 6.07) is 14.7. The van der Waals surface area contributed by atoms with Crippen LogP contribution in [0, 0.1) is 0 Å². The summed E-state index contributed by atoms with van der Waals surface area (Å²) < 4.78 is 0. The molecule has 0 fully saturated rings. The number of nitrogens with zero attached hydrogens (tertiary/aromatic N) is 1. The molecule has 0 aliphatic heterocycles. The van der Waals surface area contributed by atoms with Gasteiger partial charge in [-0.1, -0.05) is 66.5 Å². The number of nitrogens with one attached hydrogen (secondary N) is 1. The first kappa shape index (κ1) is 24.6. The zero-order valence-corrected chi connectivity index (χ0v) is 19.9. The SMILES string of the molecule is CC[C@@H](C)NC(=O)[C@@H](C)N(Cc1ccccc1)C(=O)CSCc1ccc(Cl)c(Cl)c1. The van der Waals surface area contributed by atoms with Crippen LogP contribution in [0.15, 0.2) is 48.5 Å². The molecule has 0 radical (unpaired) electrons. The van der Waals surface area contributed by atoms with E-state index in [1.807, 2.05) is 56.3 Å². The van der Waals surface area contributed by atoms with Crippen molar-refractivity contribution in [2.24, 2.45) is 0 Å². The maximum absolute atomic E-state index is 13.0. The highest BCUT2D eigenvalue weighted by Gasteiger charge is 2.26. The van der Waals surface area contributed by atoms with Gasteiger partial charge in [-0.2, -0.15) is 0 Å². The van der Waals surface area contributed by atoms with Crippen molar-refractivity contribution in [2.45, 2.75) is 51.6 Å². The van der Waals surface area contributed by atoms with Crippen molar-refractivity contribution < 1.29 is 9.59 Å². The quantitative estimate of drug-likeness (QED) is 0.498. The van der Waals surface area contributed by atoms with Crippen LogP contribution < -0.4 is 5.32 Å². The standard InChI is InChI=1S/C23H28Cl2N2O2S/c1-4-16(2)26-23(29)17(3)27(13-18-8-6-5-7-9-18)22(28)15-30-14-19-10-11-20(24)21(25)12-19/h5-12,16-17H,4,13-15H2,1-3H3,(H,26,29)/t16-,17-/m1/s1. The Morgan fingerprint density at radius 3 is 2.37 bits per heavy atom.